The third-order valence-corrected chi connectivity index (χ3v) is 4.60. The third-order valence-electron chi connectivity index (χ3n) is 4.60. The molecule has 1 atom stereocenters. The number of carboxylic acids is 1. The molecular formula is C18H23N3O2. The lowest BCUT2D eigenvalue weighted by atomic mass is 10.1. The van der Waals surface area contributed by atoms with Crippen LogP contribution in [-0.2, 0) is 4.79 Å². The number of nitrogens with zero attached hydrogens (tertiary/aromatic N) is 3. The second-order valence-electron chi connectivity index (χ2n) is 5.99. The van der Waals surface area contributed by atoms with Gasteiger partial charge in [0.05, 0.1) is 11.2 Å². The topological polar surface area (TPSA) is 56.7 Å². The van der Waals surface area contributed by atoms with Crippen molar-refractivity contribution in [2.75, 3.05) is 31.1 Å². The fraction of sp³-hybridized carbons (Fsp3) is 0.444. The number of benzene rings is 1. The number of fused-ring (bicyclic) bond motifs is 1. The summed E-state index contributed by atoms with van der Waals surface area (Å²) < 4.78 is 0. The summed E-state index contributed by atoms with van der Waals surface area (Å²) in [6.45, 7) is 5.31. The van der Waals surface area contributed by atoms with Crippen LogP contribution in [-0.4, -0.2) is 53.2 Å². The number of aliphatic carboxylic acids is 1. The van der Waals surface area contributed by atoms with E-state index in [1.165, 1.54) is 0 Å². The van der Waals surface area contributed by atoms with Gasteiger partial charge in [-0.05, 0) is 25.0 Å². The fourth-order valence-electron chi connectivity index (χ4n) is 3.42. The first kappa shape index (κ1) is 15.7. The molecular weight excluding hydrogens is 290 g/mol. The van der Waals surface area contributed by atoms with Crippen molar-refractivity contribution in [3.05, 3.63) is 36.5 Å². The van der Waals surface area contributed by atoms with Crippen molar-refractivity contribution >= 4 is 22.6 Å². The monoisotopic (exact) mass is 313 g/mol. The normalized spacial score (nSPS) is 17.9. The van der Waals surface area contributed by atoms with Crippen molar-refractivity contribution in [3.8, 4) is 0 Å². The Balaban J connectivity index is 1.81. The molecule has 1 aliphatic heterocycles. The van der Waals surface area contributed by atoms with Gasteiger partial charge in [0.25, 0.3) is 0 Å². The number of carbonyl (C=O) groups is 1. The van der Waals surface area contributed by atoms with Crippen molar-refractivity contribution in [1.29, 1.82) is 0 Å². The summed E-state index contributed by atoms with van der Waals surface area (Å²) in [5, 5.41) is 10.5. The van der Waals surface area contributed by atoms with Crippen LogP contribution in [0.1, 0.15) is 19.8 Å². The van der Waals surface area contributed by atoms with Gasteiger partial charge in [0.15, 0.2) is 0 Å². The molecule has 0 saturated carbocycles. The first-order chi connectivity index (χ1) is 11.2. The van der Waals surface area contributed by atoms with Crippen molar-refractivity contribution in [3.63, 3.8) is 0 Å². The molecule has 0 spiro atoms. The van der Waals surface area contributed by atoms with Gasteiger partial charge in [0.2, 0.25) is 0 Å². The zero-order chi connectivity index (χ0) is 16.2. The molecule has 0 aliphatic carbocycles. The molecule has 1 aliphatic rings. The van der Waals surface area contributed by atoms with E-state index < -0.39 is 5.97 Å². The van der Waals surface area contributed by atoms with Crippen molar-refractivity contribution in [2.24, 2.45) is 0 Å². The van der Waals surface area contributed by atoms with Gasteiger partial charge in [0.1, 0.15) is 6.04 Å². The molecule has 5 heteroatoms. The maximum Gasteiger partial charge on any atom is 0.320 e. The first-order valence-electron chi connectivity index (χ1n) is 8.26. The van der Waals surface area contributed by atoms with Crippen LogP contribution in [0.2, 0.25) is 0 Å². The second kappa shape index (κ2) is 6.96. The molecule has 1 N–H and O–H groups in total. The molecule has 3 rings (SSSR count). The van der Waals surface area contributed by atoms with E-state index >= 15 is 0 Å². The molecule has 1 unspecified atom stereocenters. The number of pyridine rings is 1. The predicted octanol–water partition coefficient (Wildman–Crippen LogP) is 2.61. The molecule has 0 radical (unpaired) electrons. The molecule has 1 aromatic heterocycles. The summed E-state index contributed by atoms with van der Waals surface area (Å²) in [6, 6.07) is 9.91. The Hall–Kier alpha value is -2.14. The Morgan fingerprint density at radius 2 is 2.04 bits per heavy atom. The zero-order valence-electron chi connectivity index (χ0n) is 13.5. The molecule has 23 heavy (non-hydrogen) atoms. The maximum absolute atomic E-state index is 11.4. The van der Waals surface area contributed by atoms with E-state index in [0.29, 0.717) is 6.42 Å². The quantitative estimate of drug-likeness (QED) is 0.940. The molecule has 2 aromatic rings. The smallest absolute Gasteiger partial charge is 0.320 e. The van der Waals surface area contributed by atoms with Crippen LogP contribution in [0.3, 0.4) is 0 Å². The van der Waals surface area contributed by atoms with Crippen LogP contribution in [0.15, 0.2) is 36.5 Å². The van der Waals surface area contributed by atoms with E-state index in [4.69, 9.17) is 0 Å². The molecule has 122 valence electrons. The van der Waals surface area contributed by atoms with Crippen LogP contribution >= 0.6 is 0 Å². The van der Waals surface area contributed by atoms with Crippen molar-refractivity contribution in [2.45, 2.75) is 25.8 Å². The van der Waals surface area contributed by atoms with E-state index in [-0.39, 0.29) is 6.04 Å². The largest absolute Gasteiger partial charge is 0.480 e. The Morgan fingerprint density at radius 3 is 2.83 bits per heavy atom. The highest BCUT2D eigenvalue weighted by molar-refractivity contribution is 5.90. The predicted molar refractivity (Wildman–Crippen MR) is 91.9 cm³/mol. The van der Waals surface area contributed by atoms with E-state index in [1.807, 2.05) is 19.2 Å². The van der Waals surface area contributed by atoms with Gasteiger partial charge >= 0.3 is 5.97 Å². The van der Waals surface area contributed by atoms with Gasteiger partial charge in [-0.2, -0.15) is 0 Å². The first-order valence-corrected chi connectivity index (χ1v) is 8.26. The summed E-state index contributed by atoms with van der Waals surface area (Å²) in [5.41, 5.74) is 2.17. The van der Waals surface area contributed by atoms with Crippen LogP contribution < -0.4 is 4.90 Å². The second-order valence-corrected chi connectivity index (χ2v) is 5.99. The summed E-state index contributed by atoms with van der Waals surface area (Å²) in [4.78, 5) is 20.4. The van der Waals surface area contributed by atoms with Crippen LogP contribution in [0, 0.1) is 0 Å². The summed E-state index contributed by atoms with van der Waals surface area (Å²) >= 11 is 0. The number of hydrogen-bond acceptors (Lipinski definition) is 4. The van der Waals surface area contributed by atoms with E-state index in [0.717, 1.165) is 49.2 Å². The van der Waals surface area contributed by atoms with E-state index in [9.17, 15) is 9.90 Å². The number of anilines is 1. The van der Waals surface area contributed by atoms with Crippen LogP contribution in [0.5, 0.6) is 0 Å². The lowest BCUT2D eigenvalue weighted by Crippen LogP contribution is -2.42. The summed E-state index contributed by atoms with van der Waals surface area (Å²) in [5.74, 6) is -0.715. The zero-order valence-corrected chi connectivity index (χ0v) is 13.5. The molecule has 0 bridgehead atoms. The summed E-state index contributed by atoms with van der Waals surface area (Å²) in [7, 11) is 0. The Morgan fingerprint density at radius 1 is 1.22 bits per heavy atom. The standard InChI is InChI=1S/C18H23N3O2/c1-2-15(18(22)23)20-10-5-11-21(13-12-20)16-8-3-6-14-7-4-9-19-17(14)16/h3-4,6-9,15H,2,5,10-13H2,1H3,(H,22,23). The highest BCUT2D eigenvalue weighted by atomic mass is 16.4. The fourth-order valence-corrected chi connectivity index (χ4v) is 3.42. The number of aromatic nitrogens is 1. The minimum atomic E-state index is -0.715. The number of carboxylic acid groups (broad SMARTS) is 1. The lowest BCUT2D eigenvalue weighted by Gasteiger charge is -2.27. The number of hydrogen-bond donors (Lipinski definition) is 1. The Labute approximate surface area is 136 Å². The number of rotatable bonds is 4. The van der Waals surface area contributed by atoms with Gasteiger partial charge in [-0.25, -0.2) is 0 Å². The third kappa shape index (κ3) is 3.29. The SMILES string of the molecule is CCC(C(=O)O)N1CCCN(c2cccc3cccnc23)CC1. The minimum Gasteiger partial charge on any atom is -0.480 e. The Kier molecular flexibility index (Phi) is 4.76. The summed E-state index contributed by atoms with van der Waals surface area (Å²) in [6.07, 6.45) is 3.44. The van der Waals surface area contributed by atoms with Gasteiger partial charge < -0.3 is 10.0 Å². The molecule has 1 fully saturated rings. The Bertz CT molecular complexity index is 684. The van der Waals surface area contributed by atoms with Crippen molar-refractivity contribution < 1.29 is 9.90 Å². The van der Waals surface area contributed by atoms with Gasteiger partial charge in [0, 0.05) is 37.8 Å². The molecule has 2 heterocycles. The lowest BCUT2D eigenvalue weighted by molar-refractivity contribution is -0.143. The van der Waals surface area contributed by atoms with E-state index in [1.54, 1.807) is 0 Å². The van der Waals surface area contributed by atoms with Gasteiger partial charge in [-0.3, -0.25) is 14.7 Å². The average molecular weight is 313 g/mol. The average Bonchev–Trinajstić information content (AvgIpc) is 2.81. The molecule has 1 saturated heterocycles. The molecule has 1 aromatic carbocycles. The van der Waals surface area contributed by atoms with Gasteiger partial charge in [-0.15, -0.1) is 0 Å². The molecule has 5 nitrogen and oxygen atoms in total. The van der Waals surface area contributed by atoms with Gasteiger partial charge in [-0.1, -0.05) is 25.1 Å². The van der Waals surface area contributed by atoms with Crippen molar-refractivity contribution in [1.82, 2.24) is 9.88 Å². The minimum absolute atomic E-state index is 0.374. The van der Waals surface area contributed by atoms with Crippen LogP contribution in [0.25, 0.3) is 10.9 Å². The van der Waals surface area contributed by atoms with Crippen LogP contribution in [0.4, 0.5) is 5.69 Å². The highest BCUT2D eigenvalue weighted by Crippen LogP contribution is 2.26. The maximum atomic E-state index is 11.4. The van der Waals surface area contributed by atoms with E-state index in [2.05, 4.69) is 39.0 Å². The highest BCUT2D eigenvalue weighted by Gasteiger charge is 2.26. The number of para-hydroxylation sites is 1. The molecule has 0 amide bonds.